The van der Waals surface area contributed by atoms with Gasteiger partial charge in [-0.3, -0.25) is 5.41 Å². The summed E-state index contributed by atoms with van der Waals surface area (Å²) in [7, 11) is 2.01. The van der Waals surface area contributed by atoms with Crippen molar-refractivity contribution in [2.75, 3.05) is 13.1 Å². The number of furan rings is 1. The van der Waals surface area contributed by atoms with Crippen molar-refractivity contribution in [2.45, 2.75) is 19.4 Å². The first-order valence-corrected chi connectivity index (χ1v) is 7.66. The SMILES string of the molecule is Cn1ccc2n1cc[n+]2Cc1cc(C(=N)N2CCCC2)co1. The zero-order chi connectivity index (χ0) is 15.1. The Morgan fingerprint density at radius 1 is 1.32 bits per heavy atom. The molecule has 3 aromatic heterocycles. The van der Waals surface area contributed by atoms with Gasteiger partial charge in [-0.05, 0) is 18.9 Å². The van der Waals surface area contributed by atoms with Crippen molar-refractivity contribution in [1.29, 1.82) is 5.41 Å². The average molecular weight is 298 g/mol. The van der Waals surface area contributed by atoms with E-state index in [4.69, 9.17) is 9.83 Å². The first kappa shape index (κ1) is 13.2. The van der Waals surface area contributed by atoms with Crippen molar-refractivity contribution in [3.8, 4) is 0 Å². The van der Waals surface area contributed by atoms with Crippen LogP contribution in [-0.2, 0) is 13.6 Å². The summed E-state index contributed by atoms with van der Waals surface area (Å²) in [6, 6.07) is 4.07. The number of nitrogens with one attached hydrogen (secondary N) is 1. The Bertz CT molecular complexity index is 819. The van der Waals surface area contributed by atoms with E-state index in [1.165, 1.54) is 12.8 Å². The van der Waals surface area contributed by atoms with Crippen molar-refractivity contribution in [3.63, 3.8) is 0 Å². The highest BCUT2D eigenvalue weighted by atomic mass is 16.3. The second-order valence-corrected chi connectivity index (χ2v) is 5.86. The third kappa shape index (κ3) is 2.11. The summed E-state index contributed by atoms with van der Waals surface area (Å²) in [4.78, 5) is 2.12. The van der Waals surface area contributed by atoms with Gasteiger partial charge in [0.25, 0.3) is 0 Å². The number of nitrogens with zero attached hydrogens (tertiary/aromatic N) is 4. The Morgan fingerprint density at radius 2 is 2.14 bits per heavy atom. The third-order valence-corrected chi connectivity index (χ3v) is 4.37. The van der Waals surface area contributed by atoms with Crippen LogP contribution in [-0.4, -0.2) is 33.0 Å². The molecule has 6 nitrogen and oxygen atoms in total. The molecule has 0 amide bonds. The highest BCUT2D eigenvalue weighted by Crippen LogP contribution is 2.15. The number of likely N-dealkylation sites (tertiary alicyclic amines) is 1. The molecule has 1 saturated heterocycles. The molecule has 1 fully saturated rings. The number of aromatic nitrogens is 3. The van der Waals surface area contributed by atoms with E-state index in [0.29, 0.717) is 12.4 Å². The number of rotatable bonds is 3. The maximum Gasteiger partial charge on any atom is 0.307 e. The number of aryl methyl sites for hydroxylation is 1. The van der Waals surface area contributed by atoms with Crippen LogP contribution < -0.4 is 4.57 Å². The first-order valence-electron chi connectivity index (χ1n) is 7.66. The maximum atomic E-state index is 8.28. The molecule has 4 heterocycles. The minimum atomic E-state index is 0.583. The van der Waals surface area contributed by atoms with Crippen LogP contribution in [0.2, 0.25) is 0 Å². The van der Waals surface area contributed by atoms with E-state index >= 15 is 0 Å². The molecular formula is C16H20N5O+. The summed E-state index contributed by atoms with van der Waals surface area (Å²) >= 11 is 0. The summed E-state index contributed by atoms with van der Waals surface area (Å²) in [6.45, 7) is 2.64. The van der Waals surface area contributed by atoms with E-state index in [0.717, 1.165) is 30.1 Å². The van der Waals surface area contributed by atoms with Gasteiger partial charge >= 0.3 is 5.65 Å². The van der Waals surface area contributed by atoms with Crippen molar-refractivity contribution in [3.05, 3.63) is 48.3 Å². The summed E-state index contributed by atoms with van der Waals surface area (Å²) in [5.74, 6) is 1.46. The van der Waals surface area contributed by atoms with Gasteiger partial charge in [0.2, 0.25) is 0 Å². The van der Waals surface area contributed by atoms with E-state index in [9.17, 15) is 0 Å². The first-order chi connectivity index (χ1) is 10.7. The Labute approximate surface area is 128 Å². The lowest BCUT2D eigenvalue weighted by Gasteiger charge is -2.16. The zero-order valence-electron chi connectivity index (χ0n) is 12.7. The molecule has 0 atom stereocenters. The topological polar surface area (TPSA) is 53.5 Å². The van der Waals surface area contributed by atoms with E-state index in [-0.39, 0.29) is 0 Å². The summed E-state index contributed by atoms with van der Waals surface area (Å²) in [6.07, 6.45) is 10.2. The zero-order valence-corrected chi connectivity index (χ0v) is 12.7. The fraction of sp³-hybridized carbons (Fsp3) is 0.375. The molecule has 1 aliphatic heterocycles. The van der Waals surface area contributed by atoms with Gasteiger partial charge in [-0.25, -0.2) is 9.25 Å². The predicted molar refractivity (Wildman–Crippen MR) is 82.0 cm³/mol. The van der Waals surface area contributed by atoms with Gasteiger partial charge in [0, 0.05) is 32.4 Å². The summed E-state index contributed by atoms with van der Waals surface area (Å²) in [5.41, 5.74) is 2.00. The molecule has 0 spiro atoms. The molecule has 114 valence electrons. The van der Waals surface area contributed by atoms with Crippen molar-refractivity contribution < 1.29 is 8.98 Å². The van der Waals surface area contributed by atoms with Crippen LogP contribution in [0.5, 0.6) is 0 Å². The minimum absolute atomic E-state index is 0.583. The predicted octanol–water partition coefficient (Wildman–Crippen LogP) is 1.63. The molecule has 6 heteroatoms. The second kappa shape index (κ2) is 5.05. The molecule has 4 rings (SSSR count). The van der Waals surface area contributed by atoms with Crippen LogP contribution >= 0.6 is 0 Å². The van der Waals surface area contributed by atoms with Gasteiger partial charge in [0.05, 0.1) is 5.56 Å². The van der Waals surface area contributed by atoms with Gasteiger partial charge in [0.1, 0.15) is 30.6 Å². The Hall–Kier alpha value is -2.50. The lowest BCUT2D eigenvalue weighted by molar-refractivity contribution is -0.663. The lowest BCUT2D eigenvalue weighted by Crippen LogP contribution is -2.32. The summed E-state index contributed by atoms with van der Waals surface area (Å²) in [5, 5.41) is 8.28. The Kier molecular flexibility index (Phi) is 3.03. The molecule has 1 N–H and O–H groups in total. The number of hydrogen-bond acceptors (Lipinski definition) is 2. The monoisotopic (exact) mass is 298 g/mol. The van der Waals surface area contributed by atoms with Crippen LogP contribution in [0.25, 0.3) is 5.65 Å². The van der Waals surface area contributed by atoms with E-state index in [1.54, 1.807) is 6.26 Å². The molecular weight excluding hydrogens is 278 g/mol. The van der Waals surface area contributed by atoms with Crippen LogP contribution in [0.15, 0.2) is 41.4 Å². The molecule has 0 bridgehead atoms. The largest absolute Gasteiger partial charge is 0.464 e. The summed E-state index contributed by atoms with van der Waals surface area (Å²) < 4.78 is 11.9. The second-order valence-electron chi connectivity index (χ2n) is 5.86. The van der Waals surface area contributed by atoms with Gasteiger partial charge in [-0.2, -0.15) is 0 Å². The van der Waals surface area contributed by atoms with Gasteiger partial charge in [-0.15, -0.1) is 4.52 Å². The molecule has 0 aliphatic carbocycles. The van der Waals surface area contributed by atoms with Crippen LogP contribution in [0.3, 0.4) is 0 Å². The van der Waals surface area contributed by atoms with E-state index in [1.807, 2.05) is 36.4 Å². The lowest BCUT2D eigenvalue weighted by atomic mass is 10.2. The van der Waals surface area contributed by atoms with Gasteiger partial charge in [0.15, 0.2) is 6.20 Å². The fourth-order valence-corrected chi connectivity index (χ4v) is 3.13. The molecule has 3 aromatic rings. The highest BCUT2D eigenvalue weighted by molar-refractivity contribution is 5.96. The highest BCUT2D eigenvalue weighted by Gasteiger charge is 2.19. The van der Waals surface area contributed by atoms with E-state index < -0.39 is 0 Å². The molecule has 0 radical (unpaired) electrons. The molecule has 0 aromatic carbocycles. The fourth-order valence-electron chi connectivity index (χ4n) is 3.13. The molecule has 1 aliphatic rings. The smallest absolute Gasteiger partial charge is 0.307 e. The number of imidazole rings is 1. The Morgan fingerprint density at radius 3 is 2.95 bits per heavy atom. The third-order valence-electron chi connectivity index (χ3n) is 4.37. The van der Waals surface area contributed by atoms with Crippen molar-refractivity contribution in [2.24, 2.45) is 7.05 Å². The minimum Gasteiger partial charge on any atom is -0.464 e. The van der Waals surface area contributed by atoms with E-state index in [2.05, 4.69) is 20.0 Å². The molecule has 0 unspecified atom stereocenters. The molecule has 0 saturated carbocycles. The number of hydrogen-bond donors (Lipinski definition) is 1. The van der Waals surface area contributed by atoms with Gasteiger partial charge < -0.3 is 9.32 Å². The molecule has 22 heavy (non-hydrogen) atoms. The maximum absolute atomic E-state index is 8.28. The normalized spacial score (nSPS) is 15.0. The van der Waals surface area contributed by atoms with Crippen LogP contribution in [0, 0.1) is 5.41 Å². The van der Waals surface area contributed by atoms with Gasteiger partial charge in [-0.1, -0.05) is 0 Å². The quantitative estimate of drug-likeness (QED) is 0.454. The average Bonchev–Trinajstić information content (AvgIpc) is 3.27. The van der Waals surface area contributed by atoms with Crippen LogP contribution in [0.1, 0.15) is 24.2 Å². The number of fused-ring (bicyclic) bond motifs is 1. The Balaban J connectivity index is 1.55. The van der Waals surface area contributed by atoms with Crippen LogP contribution in [0.4, 0.5) is 0 Å². The number of amidine groups is 1. The van der Waals surface area contributed by atoms with Crippen molar-refractivity contribution in [1.82, 2.24) is 14.1 Å². The standard InChI is InChI=1S/C16H20N5O/c1-18-7-4-15-20(8-9-21(15)18)11-14-10-13(12-22-14)16(17)19-5-2-3-6-19/h4,7-10,12,17H,2-3,5-6,11H2,1H3/q+1. The van der Waals surface area contributed by atoms with Crippen molar-refractivity contribution >= 4 is 11.5 Å².